The van der Waals surface area contributed by atoms with E-state index in [0.717, 1.165) is 12.2 Å². The molecule has 0 saturated heterocycles. The SMILES string of the molecule is CCNC(c1cc(C)c(Br)c(C)c1)c1cnnn1C. The van der Waals surface area contributed by atoms with Crippen molar-refractivity contribution in [3.8, 4) is 0 Å². The van der Waals surface area contributed by atoms with Crippen molar-refractivity contribution in [3.05, 3.63) is 45.2 Å². The van der Waals surface area contributed by atoms with Crippen LogP contribution in [0, 0.1) is 13.8 Å². The van der Waals surface area contributed by atoms with Gasteiger partial charge < -0.3 is 5.32 Å². The van der Waals surface area contributed by atoms with Crippen molar-refractivity contribution >= 4 is 15.9 Å². The molecule has 19 heavy (non-hydrogen) atoms. The summed E-state index contributed by atoms with van der Waals surface area (Å²) in [7, 11) is 1.92. The lowest BCUT2D eigenvalue weighted by molar-refractivity contribution is 0.567. The van der Waals surface area contributed by atoms with Crippen LogP contribution in [0.5, 0.6) is 0 Å². The predicted octanol–water partition coefficient (Wildman–Crippen LogP) is 2.89. The highest BCUT2D eigenvalue weighted by atomic mass is 79.9. The number of aryl methyl sites for hydroxylation is 3. The molecule has 1 aromatic heterocycles. The predicted molar refractivity (Wildman–Crippen MR) is 80.1 cm³/mol. The van der Waals surface area contributed by atoms with Gasteiger partial charge in [0.15, 0.2) is 0 Å². The third-order valence-corrected chi connectivity index (χ3v) is 4.50. The number of benzene rings is 1. The summed E-state index contributed by atoms with van der Waals surface area (Å²) in [5, 5.41) is 11.5. The van der Waals surface area contributed by atoms with E-state index < -0.39 is 0 Å². The molecule has 0 aliphatic heterocycles. The van der Waals surface area contributed by atoms with Gasteiger partial charge in [-0.1, -0.05) is 40.2 Å². The van der Waals surface area contributed by atoms with Crippen LogP contribution < -0.4 is 5.32 Å². The van der Waals surface area contributed by atoms with Crippen molar-refractivity contribution in [2.75, 3.05) is 6.54 Å². The van der Waals surface area contributed by atoms with E-state index in [9.17, 15) is 0 Å². The van der Waals surface area contributed by atoms with Gasteiger partial charge in [0.05, 0.1) is 17.9 Å². The Morgan fingerprint density at radius 1 is 1.32 bits per heavy atom. The molecule has 0 radical (unpaired) electrons. The first-order valence-electron chi connectivity index (χ1n) is 6.39. The van der Waals surface area contributed by atoms with E-state index in [0.29, 0.717) is 0 Å². The van der Waals surface area contributed by atoms with Gasteiger partial charge in [-0.25, -0.2) is 0 Å². The summed E-state index contributed by atoms with van der Waals surface area (Å²) in [5.74, 6) is 0. The van der Waals surface area contributed by atoms with E-state index in [1.807, 2.05) is 17.9 Å². The Morgan fingerprint density at radius 2 is 1.95 bits per heavy atom. The Balaban J connectivity index is 2.48. The van der Waals surface area contributed by atoms with Crippen LogP contribution in [0.2, 0.25) is 0 Å². The minimum Gasteiger partial charge on any atom is -0.305 e. The van der Waals surface area contributed by atoms with Gasteiger partial charge in [0.1, 0.15) is 0 Å². The second-order valence-corrected chi connectivity index (χ2v) is 5.53. The van der Waals surface area contributed by atoms with Crippen molar-refractivity contribution in [2.45, 2.75) is 26.8 Å². The molecule has 0 fully saturated rings. The first kappa shape index (κ1) is 14.2. The lowest BCUT2D eigenvalue weighted by Crippen LogP contribution is -2.24. The Bertz CT molecular complexity index is 554. The monoisotopic (exact) mass is 322 g/mol. The number of hydrogen-bond donors (Lipinski definition) is 1. The van der Waals surface area contributed by atoms with Crippen LogP contribution in [0.3, 0.4) is 0 Å². The zero-order valence-electron chi connectivity index (χ0n) is 11.7. The summed E-state index contributed by atoms with van der Waals surface area (Å²) < 4.78 is 3.00. The molecule has 2 aromatic rings. The number of aromatic nitrogens is 3. The van der Waals surface area contributed by atoms with Crippen molar-refractivity contribution in [2.24, 2.45) is 7.05 Å². The summed E-state index contributed by atoms with van der Waals surface area (Å²) in [5.41, 5.74) is 4.80. The molecule has 0 bridgehead atoms. The van der Waals surface area contributed by atoms with Crippen molar-refractivity contribution in [1.82, 2.24) is 20.3 Å². The number of halogens is 1. The Hall–Kier alpha value is -1.20. The summed E-state index contributed by atoms with van der Waals surface area (Å²) in [6.07, 6.45) is 1.82. The van der Waals surface area contributed by atoms with Crippen LogP contribution in [-0.4, -0.2) is 21.5 Å². The third kappa shape index (κ3) is 2.87. The highest BCUT2D eigenvalue weighted by molar-refractivity contribution is 9.10. The normalized spacial score (nSPS) is 12.7. The number of hydrogen-bond acceptors (Lipinski definition) is 3. The van der Waals surface area contributed by atoms with Crippen molar-refractivity contribution in [3.63, 3.8) is 0 Å². The standard InChI is InChI=1S/C14H19BrN4/c1-5-16-14(12-8-17-18-19(12)4)11-6-9(2)13(15)10(3)7-11/h6-8,14,16H,5H2,1-4H3. The topological polar surface area (TPSA) is 42.7 Å². The maximum Gasteiger partial charge on any atom is 0.0798 e. The second kappa shape index (κ2) is 5.84. The van der Waals surface area contributed by atoms with Crippen LogP contribution in [-0.2, 0) is 7.05 Å². The van der Waals surface area contributed by atoms with Gasteiger partial charge in [-0.2, -0.15) is 0 Å². The van der Waals surface area contributed by atoms with Crippen molar-refractivity contribution < 1.29 is 0 Å². The smallest absolute Gasteiger partial charge is 0.0798 e. The fourth-order valence-corrected chi connectivity index (χ4v) is 2.53. The van der Waals surface area contributed by atoms with Crippen LogP contribution in [0.1, 0.15) is 35.3 Å². The van der Waals surface area contributed by atoms with E-state index in [1.165, 1.54) is 21.2 Å². The molecule has 1 aromatic carbocycles. The van der Waals surface area contributed by atoms with E-state index in [-0.39, 0.29) is 6.04 Å². The molecule has 102 valence electrons. The molecule has 0 amide bonds. The molecule has 1 atom stereocenters. The van der Waals surface area contributed by atoms with Gasteiger partial charge in [0.2, 0.25) is 0 Å². The Morgan fingerprint density at radius 3 is 2.42 bits per heavy atom. The van der Waals surface area contributed by atoms with Crippen molar-refractivity contribution in [1.29, 1.82) is 0 Å². The third-order valence-electron chi connectivity index (χ3n) is 3.25. The first-order chi connectivity index (χ1) is 9.04. The molecular formula is C14H19BrN4. The number of nitrogens with one attached hydrogen (secondary N) is 1. The maximum atomic E-state index is 4.03. The van der Waals surface area contributed by atoms with E-state index in [4.69, 9.17) is 0 Å². The number of nitrogens with zero attached hydrogens (tertiary/aromatic N) is 3. The molecule has 0 aliphatic rings. The summed E-state index contributed by atoms with van der Waals surface area (Å²) >= 11 is 3.61. The first-order valence-corrected chi connectivity index (χ1v) is 7.18. The van der Waals surface area contributed by atoms with Gasteiger partial charge in [-0.05, 0) is 37.1 Å². The van der Waals surface area contributed by atoms with Gasteiger partial charge in [0.25, 0.3) is 0 Å². The number of rotatable bonds is 4. The lowest BCUT2D eigenvalue weighted by atomic mass is 9.99. The minimum absolute atomic E-state index is 0.121. The molecule has 1 N–H and O–H groups in total. The fraction of sp³-hybridized carbons (Fsp3) is 0.429. The molecule has 1 heterocycles. The van der Waals surface area contributed by atoms with Gasteiger partial charge in [-0.3, -0.25) is 4.68 Å². The van der Waals surface area contributed by atoms with E-state index >= 15 is 0 Å². The van der Waals surface area contributed by atoms with Crippen LogP contribution in [0.4, 0.5) is 0 Å². The maximum absolute atomic E-state index is 4.03. The Labute approximate surface area is 122 Å². The fourth-order valence-electron chi connectivity index (χ4n) is 2.30. The molecule has 5 heteroatoms. The summed E-state index contributed by atoms with van der Waals surface area (Å²) in [4.78, 5) is 0. The molecule has 0 spiro atoms. The molecule has 1 unspecified atom stereocenters. The average Bonchev–Trinajstić information content (AvgIpc) is 2.78. The molecule has 2 rings (SSSR count). The van der Waals surface area contributed by atoms with Crippen LogP contribution >= 0.6 is 15.9 Å². The molecule has 0 aliphatic carbocycles. The molecule has 4 nitrogen and oxygen atoms in total. The lowest BCUT2D eigenvalue weighted by Gasteiger charge is -2.20. The van der Waals surface area contributed by atoms with Gasteiger partial charge in [-0.15, -0.1) is 5.10 Å². The van der Waals surface area contributed by atoms with Crippen LogP contribution in [0.15, 0.2) is 22.8 Å². The summed E-state index contributed by atoms with van der Waals surface area (Å²) in [6, 6.07) is 4.53. The quantitative estimate of drug-likeness (QED) is 0.941. The zero-order valence-corrected chi connectivity index (χ0v) is 13.3. The van der Waals surface area contributed by atoms with E-state index in [1.54, 1.807) is 0 Å². The van der Waals surface area contributed by atoms with Crippen LogP contribution in [0.25, 0.3) is 0 Å². The summed E-state index contributed by atoms with van der Waals surface area (Å²) in [6.45, 7) is 7.23. The molecule has 0 saturated carbocycles. The average molecular weight is 323 g/mol. The van der Waals surface area contributed by atoms with E-state index in [2.05, 4.69) is 64.5 Å². The van der Waals surface area contributed by atoms with Gasteiger partial charge >= 0.3 is 0 Å². The zero-order chi connectivity index (χ0) is 14.0. The molecular weight excluding hydrogens is 304 g/mol. The second-order valence-electron chi connectivity index (χ2n) is 4.74. The largest absolute Gasteiger partial charge is 0.305 e. The highest BCUT2D eigenvalue weighted by Crippen LogP contribution is 2.28. The highest BCUT2D eigenvalue weighted by Gasteiger charge is 2.18. The minimum atomic E-state index is 0.121. The van der Waals surface area contributed by atoms with Gasteiger partial charge in [0, 0.05) is 11.5 Å². The Kier molecular flexibility index (Phi) is 4.37.